The fraction of sp³-hybridized carbons (Fsp3) is 0.526. The predicted molar refractivity (Wildman–Crippen MR) is 91.5 cm³/mol. The van der Waals surface area contributed by atoms with Crippen LogP contribution in [0, 0.1) is 25.7 Å². The lowest BCUT2D eigenvalue weighted by molar-refractivity contribution is 0.0850. The summed E-state index contributed by atoms with van der Waals surface area (Å²) in [6.07, 6.45) is 1.27. The van der Waals surface area contributed by atoms with Crippen LogP contribution in [0.2, 0.25) is 0 Å². The van der Waals surface area contributed by atoms with E-state index < -0.39 is 0 Å². The summed E-state index contributed by atoms with van der Waals surface area (Å²) in [4.78, 5) is 18.5. The van der Waals surface area contributed by atoms with E-state index in [0.29, 0.717) is 18.4 Å². The summed E-state index contributed by atoms with van der Waals surface area (Å²) in [5, 5.41) is 1.06. The van der Waals surface area contributed by atoms with Gasteiger partial charge in [-0.2, -0.15) is 0 Å². The monoisotopic (exact) mass is 298 g/mol. The SMILES string of the molecule is Cc1ccc2c(C(=O)CN3C[C@H](C)C[C@@H](C)C3)c(C)[nH]c2c1. The van der Waals surface area contributed by atoms with E-state index in [1.165, 1.54) is 12.0 Å². The first-order valence-corrected chi connectivity index (χ1v) is 8.28. The Morgan fingerprint density at radius 2 is 1.91 bits per heavy atom. The van der Waals surface area contributed by atoms with Crippen LogP contribution in [0.1, 0.15) is 41.9 Å². The summed E-state index contributed by atoms with van der Waals surface area (Å²) in [6, 6.07) is 6.27. The number of likely N-dealkylation sites (tertiary alicyclic amines) is 1. The van der Waals surface area contributed by atoms with Crippen LogP contribution in [-0.2, 0) is 0 Å². The van der Waals surface area contributed by atoms with Crippen LogP contribution >= 0.6 is 0 Å². The Hall–Kier alpha value is -1.61. The number of hydrogen-bond donors (Lipinski definition) is 1. The van der Waals surface area contributed by atoms with Crippen LogP contribution in [0.15, 0.2) is 18.2 Å². The topological polar surface area (TPSA) is 36.1 Å². The first kappa shape index (κ1) is 15.3. The molecule has 0 radical (unpaired) electrons. The first-order valence-electron chi connectivity index (χ1n) is 8.28. The third kappa shape index (κ3) is 2.95. The third-order valence-electron chi connectivity index (χ3n) is 4.73. The lowest BCUT2D eigenvalue weighted by Crippen LogP contribution is -2.41. The fourth-order valence-electron chi connectivity index (χ4n) is 4.01. The molecule has 3 nitrogen and oxygen atoms in total. The van der Waals surface area contributed by atoms with Gasteiger partial charge in [0.05, 0.1) is 6.54 Å². The van der Waals surface area contributed by atoms with Gasteiger partial charge in [-0.15, -0.1) is 0 Å². The van der Waals surface area contributed by atoms with Gasteiger partial charge in [-0.1, -0.05) is 26.0 Å². The Balaban J connectivity index is 1.84. The van der Waals surface area contributed by atoms with Crippen LogP contribution in [0.5, 0.6) is 0 Å². The highest BCUT2D eigenvalue weighted by Gasteiger charge is 2.25. The number of piperidine rings is 1. The molecule has 2 heterocycles. The van der Waals surface area contributed by atoms with Gasteiger partial charge in [0.25, 0.3) is 0 Å². The molecular weight excluding hydrogens is 272 g/mol. The molecule has 1 N–H and O–H groups in total. The molecule has 1 aromatic carbocycles. The van der Waals surface area contributed by atoms with E-state index in [1.54, 1.807) is 0 Å². The van der Waals surface area contributed by atoms with Crippen molar-refractivity contribution in [3.63, 3.8) is 0 Å². The van der Waals surface area contributed by atoms with Crippen molar-refractivity contribution in [3.8, 4) is 0 Å². The van der Waals surface area contributed by atoms with Gasteiger partial charge >= 0.3 is 0 Å². The average molecular weight is 298 g/mol. The van der Waals surface area contributed by atoms with Crippen LogP contribution < -0.4 is 0 Å². The number of Topliss-reactive ketones (excluding diaryl/α,β-unsaturated/α-hetero) is 1. The molecule has 118 valence electrons. The average Bonchev–Trinajstić information content (AvgIpc) is 2.72. The van der Waals surface area contributed by atoms with Crippen molar-refractivity contribution in [1.29, 1.82) is 0 Å². The third-order valence-corrected chi connectivity index (χ3v) is 4.73. The van der Waals surface area contributed by atoms with Crippen molar-refractivity contribution in [1.82, 2.24) is 9.88 Å². The summed E-state index contributed by atoms with van der Waals surface area (Å²) in [5.74, 6) is 1.61. The number of aromatic amines is 1. The van der Waals surface area contributed by atoms with Crippen LogP contribution in [-0.4, -0.2) is 35.3 Å². The highest BCUT2D eigenvalue weighted by Crippen LogP contribution is 2.25. The minimum Gasteiger partial charge on any atom is -0.358 e. The van der Waals surface area contributed by atoms with E-state index in [9.17, 15) is 4.79 Å². The number of nitrogens with zero attached hydrogens (tertiary/aromatic N) is 1. The van der Waals surface area contributed by atoms with E-state index in [1.807, 2.05) is 6.92 Å². The highest BCUT2D eigenvalue weighted by molar-refractivity contribution is 6.10. The number of fused-ring (bicyclic) bond motifs is 1. The molecule has 0 saturated carbocycles. The Labute approximate surface area is 132 Å². The molecule has 0 unspecified atom stereocenters. The number of carbonyl (C=O) groups is 1. The number of ketones is 1. The Kier molecular flexibility index (Phi) is 4.09. The van der Waals surface area contributed by atoms with E-state index in [4.69, 9.17) is 0 Å². The van der Waals surface area contributed by atoms with E-state index in [2.05, 4.69) is 48.9 Å². The number of rotatable bonds is 3. The van der Waals surface area contributed by atoms with Gasteiger partial charge in [0.15, 0.2) is 5.78 Å². The van der Waals surface area contributed by atoms with Crippen molar-refractivity contribution in [2.75, 3.05) is 19.6 Å². The standard InChI is InChI=1S/C19H26N2O/c1-12-5-6-16-17(8-12)20-15(4)19(16)18(22)11-21-9-13(2)7-14(3)10-21/h5-6,8,13-14,20H,7,9-11H2,1-4H3/t13-,14-/m1/s1. The van der Waals surface area contributed by atoms with E-state index in [0.717, 1.165) is 35.2 Å². The fourth-order valence-corrected chi connectivity index (χ4v) is 4.01. The Morgan fingerprint density at radius 1 is 1.23 bits per heavy atom. The second kappa shape index (κ2) is 5.88. The maximum absolute atomic E-state index is 12.8. The van der Waals surface area contributed by atoms with Crippen LogP contribution in [0.25, 0.3) is 10.9 Å². The van der Waals surface area contributed by atoms with Gasteiger partial charge in [-0.05, 0) is 43.7 Å². The predicted octanol–water partition coefficient (Wildman–Crippen LogP) is 3.95. The number of aryl methyl sites for hydroxylation is 2. The van der Waals surface area contributed by atoms with Gasteiger partial charge in [-0.25, -0.2) is 0 Å². The number of benzene rings is 1. The molecule has 1 aliphatic heterocycles. The summed E-state index contributed by atoms with van der Waals surface area (Å²) in [6.45, 7) is 11.3. The van der Waals surface area contributed by atoms with Gasteiger partial charge in [0.2, 0.25) is 0 Å². The molecular formula is C19H26N2O. The molecule has 1 aromatic heterocycles. The maximum Gasteiger partial charge on any atom is 0.179 e. The zero-order valence-electron chi connectivity index (χ0n) is 14.1. The highest BCUT2D eigenvalue weighted by atomic mass is 16.1. The molecule has 3 rings (SSSR count). The quantitative estimate of drug-likeness (QED) is 0.871. The molecule has 1 fully saturated rings. The van der Waals surface area contributed by atoms with E-state index in [-0.39, 0.29) is 5.78 Å². The molecule has 3 heteroatoms. The van der Waals surface area contributed by atoms with E-state index >= 15 is 0 Å². The smallest absolute Gasteiger partial charge is 0.179 e. The zero-order valence-corrected chi connectivity index (χ0v) is 14.1. The van der Waals surface area contributed by atoms with Crippen molar-refractivity contribution in [3.05, 3.63) is 35.0 Å². The number of aromatic nitrogens is 1. The molecule has 2 atom stereocenters. The lowest BCUT2D eigenvalue weighted by atomic mass is 9.91. The minimum absolute atomic E-state index is 0.244. The van der Waals surface area contributed by atoms with Gasteiger partial charge < -0.3 is 4.98 Å². The van der Waals surface area contributed by atoms with Gasteiger partial charge in [0.1, 0.15) is 0 Å². The number of carbonyl (C=O) groups excluding carboxylic acids is 1. The number of nitrogens with one attached hydrogen (secondary N) is 1. The van der Waals surface area contributed by atoms with Crippen molar-refractivity contribution < 1.29 is 4.79 Å². The molecule has 2 aromatic rings. The molecule has 0 amide bonds. The number of H-pyrrole nitrogens is 1. The van der Waals surface area contributed by atoms with Gasteiger partial charge in [0, 0.05) is 35.2 Å². The van der Waals surface area contributed by atoms with Crippen molar-refractivity contribution in [2.24, 2.45) is 11.8 Å². The summed E-state index contributed by atoms with van der Waals surface area (Å²) in [5.41, 5.74) is 4.15. The van der Waals surface area contributed by atoms with Crippen molar-refractivity contribution in [2.45, 2.75) is 34.1 Å². The second-order valence-electron chi connectivity index (χ2n) is 7.24. The minimum atomic E-state index is 0.244. The maximum atomic E-state index is 12.8. The van der Waals surface area contributed by atoms with Crippen LogP contribution in [0.3, 0.4) is 0 Å². The molecule has 1 aliphatic rings. The second-order valence-corrected chi connectivity index (χ2v) is 7.24. The Bertz CT molecular complexity index is 691. The zero-order chi connectivity index (χ0) is 15.9. The van der Waals surface area contributed by atoms with Crippen molar-refractivity contribution >= 4 is 16.7 Å². The summed E-state index contributed by atoms with van der Waals surface area (Å²) in [7, 11) is 0. The molecule has 1 saturated heterocycles. The first-order chi connectivity index (χ1) is 10.4. The lowest BCUT2D eigenvalue weighted by Gasteiger charge is -2.34. The summed E-state index contributed by atoms with van der Waals surface area (Å²) >= 11 is 0. The Morgan fingerprint density at radius 3 is 2.59 bits per heavy atom. The van der Waals surface area contributed by atoms with Crippen LogP contribution in [0.4, 0.5) is 0 Å². The molecule has 22 heavy (non-hydrogen) atoms. The largest absolute Gasteiger partial charge is 0.358 e. The molecule has 0 aliphatic carbocycles. The normalized spacial score (nSPS) is 23.1. The molecule has 0 bridgehead atoms. The number of hydrogen-bond acceptors (Lipinski definition) is 2. The summed E-state index contributed by atoms with van der Waals surface area (Å²) < 4.78 is 0. The molecule has 0 spiro atoms. The van der Waals surface area contributed by atoms with Gasteiger partial charge in [-0.3, -0.25) is 9.69 Å².